The number of ketones is 1. The number of likely N-dealkylation sites (tertiary alicyclic amines) is 1. The lowest BCUT2D eigenvalue weighted by molar-refractivity contribution is -0.140. The van der Waals surface area contributed by atoms with E-state index >= 15 is 0 Å². The minimum Gasteiger partial charge on any atom is -0.507 e. The van der Waals surface area contributed by atoms with Crippen LogP contribution in [0.4, 0.5) is 0 Å². The smallest absolute Gasteiger partial charge is 0.295 e. The molecule has 0 bridgehead atoms. The fraction of sp³-hybridized carbons (Fsp3) is 0.333. The van der Waals surface area contributed by atoms with E-state index in [4.69, 9.17) is 4.74 Å². The van der Waals surface area contributed by atoms with Crippen LogP contribution in [0.1, 0.15) is 28.3 Å². The van der Waals surface area contributed by atoms with Gasteiger partial charge in [0, 0.05) is 24.2 Å². The number of methoxy groups -OCH3 is 1. The second-order valence-corrected chi connectivity index (χ2v) is 7.86. The standard InChI is InChI=1S/C24H28N2O4/c1-15-10-11-16(2)18(14-15)22(27)20-21(17-8-6-7-9-19(17)30-5)26(13-12-25(3)4)24(29)23(20)28/h6-11,14,21,27H,12-13H2,1-5H3/b22-20+. The maximum atomic E-state index is 13.1. The molecule has 1 fully saturated rings. The topological polar surface area (TPSA) is 70.1 Å². The van der Waals surface area contributed by atoms with Crippen LogP contribution >= 0.6 is 0 Å². The first kappa shape index (κ1) is 21.6. The second-order valence-electron chi connectivity index (χ2n) is 7.86. The normalized spacial score (nSPS) is 18.3. The number of amides is 1. The SMILES string of the molecule is COc1ccccc1C1/C(=C(\O)c2cc(C)ccc2C)C(=O)C(=O)N1CCN(C)C. The largest absolute Gasteiger partial charge is 0.507 e. The third kappa shape index (κ3) is 3.96. The van der Waals surface area contributed by atoms with E-state index in [1.807, 2.05) is 69.2 Å². The van der Waals surface area contributed by atoms with E-state index in [1.165, 1.54) is 4.90 Å². The molecule has 6 nitrogen and oxygen atoms in total. The van der Waals surface area contributed by atoms with Gasteiger partial charge in [-0.2, -0.15) is 0 Å². The molecule has 0 spiro atoms. The molecule has 1 unspecified atom stereocenters. The molecule has 1 amide bonds. The number of rotatable bonds is 6. The molecule has 0 aromatic heterocycles. The Kier molecular flexibility index (Phi) is 6.27. The van der Waals surface area contributed by atoms with Gasteiger partial charge in [0.15, 0.2) is 0 Å². The molecule has 1 aliphatic heterocycles. The van der Waals surface area contributed by atoms with E-state index < -0.39 is 17.7 Å². The molecule has 6 heteroatoms. The molecule has 1 atom stereocenters. The van der Waals surface area contributed by atoms with Crippen molar-refractivity contribution in [2.45, 2.75) is 19.9 Å². The summed E-state index contributed by atoms with van der Waals surface area (Å²) < 4.78 is 5.51. The van der Waals surface area contributed by atoms with Crippen molar-refractivity contribution in [1.29, 1.82) is 0 Å². The lowest BCUT2D eigenvalue weighted by atomic mass is 9.93. The molecule has 0 aliphatic carbocycles. The molecule has 3 rings (SSSR count). The number of nitrogens with zero attached hydrogens (tertiary/aromatic N) is 2. The average Bonchev–Trinajstić information content (AvgIpc) is 2.97. The summed E-state index contributed by atoms with van der Waals surface area (Å²) in [5, 5.41) is 11.2. The van der Waals surface area contributed by atoms with Crippen molar-refractivity contribution < 1.29 is 19.4 Å². The van der Waals surface area contributed by atoms with Crippen LogP contribution in [0.25, 0.3) is 5.76 Å². The van der Waals surface area contributed by atoms with Crippen LogP contribution in [0.15, 0.2) is 48.0 Å². The Morgan fingerprint density at radius 1 is 1.13 bits per heavy atom. The van der Waals surface area contributed by atoms with E-state index in [1.54, 1.807) is 13.2 Å². The highest BCUT2D eigenvalue weighted by Crippen LogP contribution is 2.42. The van der Waals surface area contributed by atoms with Crippen LogP contribution in [-0.4, -0.2) is 60.9 Å². The Balaban J connectivity index is 2.24. The van der Waals surface area contributed by atoms with E-state index in [2.05, 4.69) is 0 Å². The molecule has 0 saturated carbocycles. The van der Waals surface area contributed by atoms with Crippen molar-refractivity contribution in [1.82, 2.24) is 9.80 Å². The summed E-state index contributed by atoms with van der Waals surface area (Å²) in [6, 6.07) is 12.2. The van der Waals surface area contributed by atoms with Crippen LogP contribution in [0, 0.1) is 13.8 Å². The van der Waals surface area contributed by atoms with Crippen LogP contribution in [-0.2, 0) is 9.59 Å². The van der Waals surface area contributed by atoms with Crippen molar-refractivity contribution in [3.05, 3.63) is 70.3 Å². The number of carbonyl (C=O) groups excluding carboxylic acids is 2. The number of ether oxygens (including phenoxy) is 1. The summed E-state index contributed by atoms with van der Waals surface area (Å²) in [5.41, 5.74) is 3.11. The quantitative estimate of drug-likeness (QED) is 0.451. The van der Waals surface area contributed by atoms with Gasteiger partial charge in [0.05, 0.1) is 18.7 Å². The number of carbonyl (C=O) groups is 2. The Labute approximate surface area is 177 Å². The van der Waals surface area contributed by atoms with Crippen LogP contribution in [0.2, 0.25) is 0 Å². The predicted molar refractivity (Wildman–Crippen MR) is 116 cm³/mol. The Hall–Kier alpha value is -3.12. The van der Waals surface area contributed by atoms with Gasteiger partial charge in [-0.3, -0.25) is 9.59 Å². The molecule has 30 heavy (non-hydrogen) atoms. The number of likely N-dealkylation sites (N-methyl/N-ethyl adjacent to an activating group) is 1. The molecular weight excluding hydrogens is 380 g/mol. The number of aryl methyl sites for hydroxylation is 2. The number of para-hydroxylation sites is 1. The number of hydrogen-bond donors (Lipinski definition) is 1. The molecule has 0 radical (unpaired) electrons. The van der Waals surface area contributed by atoms with Gasteiger partial charge < -0.3 is 19.6 Å². The molecule has 1 aliphatic rings. The van der Waals surface area contributed by atoms with Crippen LogP contribution in [0.5, 0.6) is 5.75 Å². The summed E-state index contributed by atoms with van der Waals surface area (Å²) in [5.74, 6) is -0.883. The fourth-order valence-corrected chi connectivity index (χ4v) is 3.77. The maximum Gasteiger partial charge on any atom is 0.295 e. The number of Topliss-reactive ketones (excluding diaryl/α,β-unsaturated/α-hetero) is 1. The summed E-state index contributed by atoms with van der Waals surface area (Å²) in [6.45, 7) is 4.73. The third-order valence-electron chi connectivity index (χ3n) is 5.41. The zero-order chi connectivity index (χ0) is 22.0. The summed E-state index contributed by atoms with van der Waals surface area (Å²) in [4.78, 5) is 29.5. The van der Waals surface area contributed by atoms with E-state index in [9.17, 15) is 14.7 Å². The maximum absolute atomic E-state index is 13.1. The van der Waals surface area contributed by atoms with E-state index in [0.717, 1.165) is 11.1 Å². The first-order valence-corrected chi connectivity index (χ1v) is 9.90. The van der Waals surface area contributed by atoms with Crippen molar-refractivity contribution in [2.24, 2.45) is 0 Å². The molecule has 2 aromatic carbocycles. The highest BCUT2D eigenvalue weighted by atomic mass is 16.5. The van der Waals surface area contributed by atoms with Crippen molar-refractivity contribution in [3.63, 3.8) is 0 Å². The number of benzene rings is 2. The van der Waals surface area contributed by atoms with Crippen molar-refractivity contribution >= 4 is 17.4 Å². The van der Waals surface area contributed by atoms with Gasteiger partial charge in [-0.15, -0.1) is 0 Å². The fourth-order valence-electron chi connectivity index (χ4n) is 3.77. The van der Waals surface area contributed by atoms with Gasteiger partial charge >= 0.3 is 0 Å². The number of hydrogen-bond acceptors (Lipinski definition) is 5. The highest BCUT2D eigenvalue weighted by Gasteiger charge is 2.46. The van der Waals surface area contributed by atoms with Gasteiger partial charge in [0.1, 0.15) is 11.5 Å². The minimum absolute atomic E-state index is 0.0944. The van der Waals surface area contributed by atoms with Crippen molar-refractivity contribution in [3.8, 4) is 5.75 Å². The van der Waals surface area contributed by atoms with Gasteiger partial charge in [0.25, 0.3) is 11.7 Å². The first-order valence-electron chi connectivity index (χ1n) is 9.90. The Morgan fingerprint density at radius 2 is 1.83 bits per heavy atom. The predicted octanol–water partition coefficient (Wildman–Crippen LogP) is 3.30. The number of aliphatic hydroxyl groups excluding tert-OH is 1. The van der Waals surface area contributed by atoms with E-state index in [0.29, 0.717) is 30.0 Å². The third-order valence-corrected chi connectivity index (χ3v) is 5.41. The lowest BCUT2D eigenvalue weighted by Crippen LogP contribution is -2.35. The Bertz CT molecular complexity index is 1010. The van der Waals surface area contributed by atoms with Crippen molar-refractivity contribution in [2.75, 3.05) is 34.3 Å². The first-order chi connectivity index (χ1) is 14.3. The number of aliphatic hydroxyl groups is 1. The monoisotopic (exact) mass is 408 g/mol. The van der Waals surface area contributed by atoms with Gasteiger partial charge in [-0.05, 0) is 45.6 Å². The average molecular weight is 408 g/mol. The molecule has 1 N–H and O–H groups in total. The zero-order valence-corrected chi connectivity index (χ0v) is 18.1. The molecule has 1 saturated heterocycles. The van der Waals surface area contributed by atoms with Gasteiger partial charge in [-0.25, -0.2) is 0 Å². The highest BCUT2D eigenvalue weighted by molar-refractivity contribution is 6.46. The van der Waals surface area contributed by atoms with Crippen LogP contribution in [0.3, 0.4) is 0 Å². The molecule has 2 aromatic rings. The summed E-state index contributed by atoms with van der Waals surface area (Å²) >= 11 is 0. The second kappa shape index (κ2) is 8.71. The van der Waals surface area contributed by atoms with Crippen LogP contribution < -0.4 is 4.74 Å². The molecular formula is C24H28N2O4. The van der Waals surface area contributed by atoms with Gasteiger partial charge in [-0.1, -0.05) is 35.9 Å². The minimum atomic E-state index is -0.721. The van der Waals surface area contributed by atoms with E-state index in [-0.39, 0.29) is 11.3 Å². The summed E-state index contributed by atoms with van der Waals surface area (Å²) in [6.07, 6.45) is 0. The van der Waals surface area contributed by atoms with Gasteiger partial charge in [0.2, 0.25) is 0 Å². The molecule has 1 heterocycles. The zero-order valence-electron chi connectivity index (χ0n) is 18.1. The molecule has 158 valence electrons. The summed E-state index contributed by atoms with van der Waals surface area (Å²) in [7, 11) is 5.37. The lowest BCUT2D eigenvalue weighted by Gasteiger charge is -2.27. The Morgan fingerprint density at radius 3 is 2.50 bits per heavy atom.